The fraction of sp³-hybridized carbons (Fsp3) is 0.308. The van der Waals surface area contributed by atoms with E-state index in [9.17, 15) is 18.3 Å². The lowest BCUT2D eigenvalue weighted by atomic mass is 10.0. The van der Waals surface area contributed by atoms with Crippen LogP contribution in [0.1, 0.15) is 11.4 Å². The van der Waals surface area contributed by atoms with Gasteiger partial charge in [0.05, 0.1) is 17.8 Å². The Morgan fingerprint density at radius 2 is 2.23 bits per heavy atom. The summed E-state index contributed by atoms with van der Waals surface area (Å²) in [5.74, 6) is -1.99. The van der Waals surface area contributed by atoms with E-state index in [1.54, 1.807) is 31.3 Å². The van der Waals surface area contributed by atoms with Gasteiger partial charge in [0, 0.05) is 24.9 Å². The molecule has 2 rings (SSSR count). The predicted octanol–water partition coefficient (Wildman–Crippen LogP) is 0.335. The van der Waals surface area contributed by atoms with E-state index in [1.807, 2.05) is 0 Å². The molecule has 0 bridgehead atoms. The maximum Gasteiger partial charge on any atom is 0.308 e. The molecule has 9 heteroatoms. The van der Waals surface area contributed by atoms with Gasteiger partial charge in [-0.05, 0) is 19.1 Å². The lowest BCUT2D eigenvalue weighted by Gasteiger charge is -2.13. The summed E-state index contributed by atoms with van der Waals surface area (Å²) < 4.78 is 26.5. The summed E-state index contributed by atoms with van der Waals surface area (Å²) in [6.45, 7) is 1.35. The molecule has 0 aliphatic heterocycles. The average Bonchev–Trinajstić information content (AvgIpc) is 2.91. The summed E-state index contributed by atoms with van der Waals surface area (Å²) in [5.41, 5.74) is 0.984. The first kappa shape index (κ1) is 16.1. The molecular formula is C13H16N4O4S. The number of carboxylic acid groups (broad SMARTS) is 1. The van der Waals surface area contributed by atoms with Crippen molar-refractivity contribution in [2.24, 2.45) is 5.92 Å². The van der Waals surface area contributed by atoms with E-state index in [0.29, 0.717) is 11.4 Å². The normalized spacial score (nSPS) is 13.0. The van der Waals surface area contributed by atoms with Crippen molar-refractivity contribution >= 4 is 16.0 Å². The zero-order valence-corrected chi connectivity index (χ0v) is 12.7. The highest BCUT2D eigenvalue weighted by Crippen LogP contribution is 2.12. The van der Waals surface area contributed by atoms with Gasteiger partial charge < -0.3 is 5.11 Å². The van der Waals surface area contributed by atoms with Gasteiger partial charge in [0.25, 0.3) is 0 Å². The van der Waals surface area contributed by atoms with E-state index < -0.39 is 21.9 Å². The van der Waals surface area contributed by atoms with Crippen LogP contribution < -0.4 is 4.72 Å². The van der Waals surface area contributed by atoms with Crippen LogP contribution in [0.3, 0.4) is 0 Å². The van der Waals surface area contributed by atoms with Crippen molar-refractivity contribution < 1.29 is 18.3 Å². The molecule has 0 aliphatic rings. The van der Waals surface area contributed by atoms with Crippen LogP contribution in [-0.2, 0) is 21.2 Å². The number of rotatable bonds is 7. The van der Waals surface area contributed by atoms with Crippen molar-refractivity contribution in [3.8, 4) is 0 Å². The van der Waals surface area contributed by atoms with Gasteiger partial charge in [0.15, 0.2) is 0 Å². The summed E-state index contributed by atoms with van der Waals surface area (Å²) >= 11 is 0. The topological polar surface area (TPSA) is 125 Å². The maximum absolute atomic E-state index is 12.1. The molecule has 0 amide bonds. The quantitative estimate of drug-likeness (QED) is 0.674. The highest BCUT2D eigenvalue weighted by Gasteiger charge is 2.24. The zero-order chi connectivity index (χ0) is 16.2. The molecule has 8 nitrogen and oxygen atoms in total. The minimum atomic E-state index is -3.80. The van der Waals surface area contributed by atoms with Crippen LogP contribution in [0.4, 0.5) is 0 Å². The molecule has 2 aromatic heterocycles. The van der Waals surface area contributed by atoms with Crippen LogP contribution in [0.15, 0.2) is 35.5 Å². The minimum Gasteiger partial charge on any atom is -0.481 e. The second-order valence-electron chi connectivity index (χ2n) is 4.77. The molecule has 2 heterocycles. The molecule has 0 aliphatic carbocycles. The Morgan fingerprint density at radius 3 is 2.77 bits per heavy atom. The van der Waals surface area contributed by atoms with Crippen LogP contribution >= 0.6 is 0 Å². The molecule has 22 heavy (non-hydrogen) atoms. The van der Waals surface area contributed by atoms with Gasteiger partial charge in [-0.2, -0.15) is 5.10 Å². The van der Waals surface area contributed by atoms with Crippen molar-refractivity contribution in [3.05, 3.63) is 42.0 Å². The summed E-state index contributed by atoms with van der Waals surface area (Å²) in [6, 6.07) is 5.18. The first-order chi connectivity index (χ1) is 10.4. The molecule has 0 aromatic carbocycles. The van der Waals surface area contributed by atoms with Gasteiger partial charge in [-0.1, -0.05) is 6.07 Å². The number of hydrogen-bond donors (Lipinski definition) is 3. The van der Waals surface area contributed by atoms with Crippen LogP contribution in [0, 0.1) is 12.8 Å². The lowest BCUT2D eigenvalue weighted by molar-refractivity contribution is -0.141. The molecule has 0 fully saturated rings. The molecule has 0 radical (unpaired) electrons. The molecule has 0 spiro atoms. The first-order valence-corrected chi connectivity index (χ1v) is 8.01. The second-order valence-corrected chi connectivity index (χ2v) is 6.51. The number of nitrogens with zero attached hydrogens (tertiary/aromatic N) is 2. The molecule has 3 N–H and O–H groups in total. The number of aryl methyl sites for hydroxylation is 1. The molecular weight excluding hydrogens is 308 g/mol. The zero-order valence-electron chi connectivity index (χ0n) is 11.9. The predicted molar refractivity (Wildman–Crippen MR) is 77.6 cm³/mol. The third-order valence-electron chi connectivity index (χ3n) is 3.12. The lowest BCUT2D eigenvalue weighted by Crippen LogP contribution is -2.34. The molecule has 1 unspecified atom stereocenters. The Labute approximate surface area is 127 Å². The Balaban J connectivity index is 2.06. The second kappa shape index (κ2) is 6.67. The SMILES string of the molecule is Cc1[nH]ncc1S(=O)(=O)NCC(Cc1ccccn1)C(=O)O. The average molecular weight is 324 g/mol. The Morgan fingerprint density at radius 1 is 1.45 bits per heavy atom. The van der Waals surface area contributed by atoms with E-state index in [1.165, 1.54) is 6.20 Å². The molecule has 0 saturated carbocycles. The fourth-order valence-electron chi connectivity index (χ4n) is 1.92. The number of nitrogens with one attached hydrogen (secondary N) is 2. The van der Waals surface area contributed by atoms with Gasteiger partial charge in [0.1, 0.15) is 4.90 Å². The number of hydrogen-bond acceptors (Lipinski definition) is 5. The third kappa shape index (κ3) is 3.89. The first-order valence-electron chi connectivity index (χ1n) is 6.52. The standard InChI is InChI=1S/C13H16N4O4S/c1-9-12(8-15-17-9)22(20,21)16-7-10(13(18)19)6-11-4-2-3-5-14-11/h2-5,8,10,16H,6-7H2,1H3,(H,15,17)(H,18,19). The largest absolute Gasteiger partial charge is 0.481 e. The number of carboxylic acids is 1. The molecule has 0 saturated heterocycles. The number of H-pyrrole nitrogens is 1. The minimum absolute atomic E-state index is 0.00877. The summed E-state index contributed by atoms with van der Waals surface area (Å²) in [7, 11) is -3.80. The van der Waals surface area contributed by atoms with E-state index in [0.717, 1.165) is 0 Å². The summed E-state index contributed by atoms with van der Waals surface area (Å²) in [4.78, 5) is 15.4. The van der Waals surface area contributed by atoms with Gasteiger partial charge in [-0.3, -0.25) is 14.9 Å². The molecule has 118 valence electrons. The van der Waals surface area contributed by atoms with Gasteiger partial charge in [-0.25, -0.2) is 13.1 Å². The van der Waals surface area contributed by atoms with Crippen LogP contribution in [0.2, 0.25) is 0 Å². The van der Waals surface area contributed by atoms with Crippen LogP contribution in [0.5, 0.6) is 0 Å². The van der Waals surface area contributed by atoms with Crippen molar-refractivity contribution in [2.45, 2.75) is 18.2 Å². The molecule has 1 atom stereocenters. The van der Waals surface area contributed by atoms with Crippen LogP contribution in [-0.4, -0.2) is 41.2 Å². The van der Waals surface area contributed by atoms with Crippen molar-refractivity contribution in [1.29, 1.82) is 0 Å². The number of aliphatic carboxylic acids is 1. The van der Waals surface area contributed by atoms with Crippen molar-refractivity contribution in [1.82, 2.24) is 19.9 Å². The van der Waals surface area contributed by atoms with Gasteiger partial charge >= 0.3 is 5.97 Å². The number of aromatic amines is 1. The fourth-order valence-corrected chi connectivity index (χ4v) is 3.13. The number of carbonyl (C=O) groups is 1. The van der Waals surface area contributed by atoms with Crippen molar-refractivity contribution in [3.63, 3.8) is 0 Å². The third-order valence-corrected chi connectivity index (χ3v) is 4.66. The van der Waals surface area contributed by atoms with E-state index in [4.69, 9.17) is 0 Å². The monoisotopic (exact) mass is 324 g/mol. The van der Waals surface area contributed by atoms with E-state index in [2.05, 4.69) is 19.9 Å². The van der Waals surface area contributed by atoms with Crippen molar-refractivity contribution in [2.75, 3.05) is 6.54 Å². The summed E-state index contributed by atoms with van der Waals surface area (Å²) in [5, 5.41) is 15.4. The number of pyridine rings is 1. The maximum atomic E-state index is 12.1. The summed E-state index contributed by atoms with van der Waals surface area (Å²) in [6.07, 6.45) is 2.89. The van der Waals surface area contributed by atoms with E-state index >= 15 is 0 Å². The van der Waals surface area contributed by atoms with Gasteiger partial charge in [0.2, 0.25) is 10.0 Å². The smallest absolute Gasteiger partial charge is 0.308 e. The highest BCUT2D eigenvalue weighted by molar-refractivity contribution is 7.89. The van der Waals surface area contributed by atoms with Crippen LogP contribution in [0.25, 0.3) is 0 Å². The van der Waals surface area contributed by atoms with Gasteiger partial charge in [-0.15, -0.1) is 0 Å². The highest BCUT2D eigenvalue weighted by atomic mass is 32.2. The Hall–Kier alpha value is -2.26. The Kier molecular flexibility index (Phi) is 4.88. The van der Waals surface area contributed by atoms with E-state index in [-0.39, 0.29) is 17.9 Å². The number of aromatic nitrogens is 3. The number of sulfonamides is 1. The Bertz CT molecular complexity index is 742. The molecule has 2 aromatic rings.